The van der Waals surface area contributed by atoms with Gasteiger partial charge in [0.1, 0.15) is 0 Å². The van der Waals surface area contributed by atoms with Crippen molar-refractivity contribution < 1.29 is 8.42 Å². The second kappa shape index (κ2) is 6.30. The standard InChI is InChI=1S/C14H16N2O2S2/c15-14(19)9-4-10-16-20(17,18)13-8-3-6-11-5-1-2-7-12(11)13/h1-3,5-8,16H,4,9-10H2,(H2,15,19). The highest BCUT2D eigenvalue weighted by molar-refractivity contribution is 7.89. The lowest BCUT2D eigenvalue weighted by molar-refractivity contribution is 0.581. The van der Waals surface area contributed by atoms with Gasteiger partial charge in [-0.15, -0.1) is 0 Å². The summed E-state index contributed by atoms with van der Waals surface area (Å²) in [4.78, 5) is 0.695. The van der Waals surface area contributed by atoms with Crippen molar-refractivity contribution in [3.8, 4) is 0 Å². The Balaban J connectivity index is 2.21. The molecule has 0 aliphatic heterocycles. The quantitative estimate of drug-likeness (QED) is 0.634. The normalized spacial score (nSPS) is 11.6. The van der Waals surface area contributed by atoms with Gasteiger partial charge < -0.3 is 5.73 Å². The second-order valence-corrected chi connectivity index (χ2v) is 6.70. The zero-order chi connectivity index (χ0) is 14.6. The molecule has 4 nitrogen and oxygen atoms in total. The zero-order valence-corrected chi connectivity index (χ0v) is 12.5. The van der Waals surface area contributed by atoms with E-state index in [0.29, 0.717) is 29.3 Å². The fourth-order valence-corrected chi connectivity index (χ4v) is 3.42. The Kier molecular flexibility index (Phi) is 4.69. The molecule has 20 heavy (non-hydrogen) atoms. The maximum Gasteiger partial charge on any atom is 0.241 e. The first-order valence-corrected chi connectivity index (χ1v) is 8.15. The van der Waals surface area contributed by atoms with Crippen LogP contribution in [0.1, 0.15) is 12.8 Å². The molecule has 3 N–H and O–H groups in total. The minimum atomic E-state index is -3.52. The third-order valence-electron chi connectivity index (χ3n) is 2.93. The van der Waals surface area contributed by atoms with Gasteiger partial charge in [-0.1, -0.05) is 48.6 Å². The Morgan fingerprint density at radius 3 is 2.60 bits per heavy atom. The fraction of sp³-hybridized carbons (Fsp3) is 0.214. The van der Waals surface area contributed by atoms with Gasteiger partial charge >= 0.3 is 0 Å². The molecule has 2 rings (SSSR count). The average molecular weight is 308 g/mol. The van der Waals surface area contributed by atoms with E-state index in [-0.39, 0.29) is 0 Å². The number of rotatable bonds is 6. The van der Waals surface area contributed by atoms with E-state index in [1.165, 1.54) is 0 Å². The van der Waals surface area contributed by atoms with Crippen molar-refractivity contribution in [2.24, 2.45) is 5.73 Å². The molecule has 6 heteroatoms. The third-order valence-corrected chi connectivity index (χ3v) is 4.65. The van der Waals surface area contributed by atoms with Gasteiger partial charge in [-0.25, -0.2) is 13.1 Å². The van der Waals surface area contributed by atoms with Crippen LogP contribution in [0.15, 0.2) is 47.4 Å². The van der Waals surface area contributed by atoms with Gasteiger partial charge in [-0.05, 0) is 24.3 Å². The Hall–Kier alpha value is -1.50. The number of thiocarbonyl (C=S) groups is 1. The van der Waals surface area contributed by atoms with Gasteiger partial charge in [0.15, 0.2) is 0 Å². The van der Waals surface area contributed by atoms with Crippen molar-refractivity contribution in [2.45, 2.75) is 17.7 Å². The average Bonchev–Trinajstić information content (AvgIpc) is 2.43. The van der Waals surface area contributed by atoms with Crippen LogP contribution < -0.4 is 10.5 Å². The Bertz CT molecular complexity index is 722. The molecule has 0 radical (unpaired) electrons. The highest BCUT2D eigenvalue weighted by Crippen LogP contribution is 2.22. The van der Waals surface area contributed by atoms with Gasteiger partial charge in [0.2, 0.25) is 10.0 Å². The van der Waals surface area contributed by atoms with Crippen LogP contribution in [-0.2, 0) is 10.0 Å². The molecule has 0 atom stereocenters. The van der Waals surface area contributed by atoms with Gasteiger partial charge in [-0.2, -0.15) is 0 Å². The van der Waals surface area contributed by atoms with Crippen LogP contribution in [0.5, 0.6) is 0 Å². The smallest absolute Gasteiger partial charge is 0.241 e. The Morgan fingerprint density at radius 2 is 1.85 bits per heavy atom. The van der Waals surface area contributed by atoms with E-state index >= 15 is 0 Å². The third kappa shape index (κ3) is 3.53. The lowest BCUT2D eigenvalue weighted by Crippen LogP contribution is -2.25. The maximum atomic E-state index is 12.3. The zero-order valence-electron chi connectivity index (χ0n) is 10.9. The summed E-state index contributed by atoms with van der Waals surface area (Å²) in [5.41, 5.74) is 5.38. The molecule has 0 aliphatic carbocycles. The predicted molar refractivity (Wildman–Crippen MR) is 85.2 cm³/mol. The van der Waals surface area contributed by atoms with Crippen LogP contribution in [0, 0.1) is 0 Å². The highest BCUT2D eigenvalue weighted by Gasteiger charge is 2.16. The molecule has 2 aromatic rings. The summed E-state index contributed by atoms with van der Waals surface area (Å²) in [6, 6.07) is 12.6. The van der Waals surface area contributed by atoms with Crippen LogP contribution in [0.2, 0.25) is 0 Å². The SMILES string of the molecule is NC(=S)CCCNS(=O)(=O)c1cccc2ccccc12. The number of sulfonamides is 1. The number of hydrogen-bond acceptors (Lipinski definition) is 3. The number of hydrogen-bond donors (Lipinski definition) is 2. The van der Waals surface area contributed by atoms with E-state index in [1.807, 2.05) is 24.3 Å². The monoisotopic (exact) mass is 308 g/mol. The van der Waals surface area contributed by atoms with Crippen LogP contribution in [0.3, 0.4) is 0 Å². The molecule has 0 aliphatic rings. The fourth-order valence-electron chi connectivity index (χ4n) is 1.98. The first kappa shape index (κ1) is 14.9. The molecule has 0 aromatic heterocycles. The van der Waals surface area contributed by atoms with E-state index in [1.54, 1.807) is 18.2 Å². The van der Waals surface area contributed by atoms with Crippen molar-refractivity contribution in [3.63, 3.8) is 0 Å². The summed E-state index contributed by atoms with van der Waals surface area (Å²) in [6.45, 7) is 0.322. The first-order chi connectivity index (χ1) is 9.50. The van der Waals surface area contributed by atoms with Crippen LogP contribution in [0.25, 0.3) is 10.8 Å². The summed E-state index contributed by atoms with van der Waals surface area (Å²) < 4.78 is 27.2. The molecule has 0 heterocycles. The molecular weight excluding hydrogens is 292 g/mol. The Morgan fingerprint density at radius 1 is 1.15 bits per heavy atom. The maximum absolute atomic E-state index is 12.3. The van der Waals surface area contributed by atoms with E-state index in [2.05, 4.69) is 4.72 Å². The van der Waals surface area contributed by atoms with Crippen molar-refractivity contribution in [1.29, 1.82) is 0 Å². The van der Waals surface area contributed by atoms with Gasteiger partial charge in [0.25, 0.3) is 0 Å². The predicted octanol–water partition coefficient (Wildman–Crippen LogP) is 2.18. The van der Waals surface area contributed by atoms with Crippen LogP contribution in [-0.4, -0.2) is 20.0 Å². The van der Waals surface area contributed by atoms with E-state index in [9.17, 15) is 8.42 Å². The van der Waals surface area contributed by atoms with Gasteiger partial charge in [-0.3, -0.25) is 0 Å². The lowest BCUT2D eigenvalue weighted by Gasteiger charge is -2.09. The molecule has 0 spiro atoms. The summed E-state index contributed by atoms with van der Waals surface area (Å²) in [5.74, 6) is 0. The summed E-state index contributed by atoms with van der Waals surface area (Å²) in [6.07, 6.45) is 1.13. The molecule has 0 bridgehead atoms. The lowest BCUT2D eigenvalue weighted by atomic mass is 10.1. The Labute approximate surface area is 124 Å². The van der Waals surface area contributed by atoms with Crippen LogP contribution >= 0.6 is 12.2 Å². The first-order valence-electron chi connectivity index (χ1n) is 6.26. The van der Waals surface area contributed by atoms with Crippen molar-refractivity contribution in [1.82, 2.24) is 4.72 Å². The minimum Gasteiger partial charge on any atom is -0.393 e. The molecular formula is C14H16N2O2S2. The topological polar surface area (TPSA) is 72.2 Å². The van der Waals surface area contributed by atoms with Crippen molar-refractivity contribution in [3.05, 3.63) is 42.5 Å². The highest BCUT2D eigenvalue weighted by atomic mass is 32.2. The summed E-state index contributed by atoms with van der Waals surface area (Å²) in [5, 5.41) is 1.62. The largest absolute Gasteiger partial charge is 0.393 e. The van der Waals surface area contributed by atoms with Gasteiger partial charge in [0.05, 0.1) is 9.88 Å². The van der Waals surface area contributed by atoms with Crippen LogP contribution in [0.4, 0.5) is 0 Å². The van der Waals surface area contributed by atoms with Gasteiger partial charge in [0, 0.05) is 11.9 Å². The molecule has 0 saturated carbocycles. The van der Waals surface area contributed by atoms with E-state index in [0.717, 1.165) is 10.8 Å². The summed E-state index contributed by atoms with van der Waals surface area (Å²) in [7, 11) is -3.52. The van der Waals surface area contributed by atoms with Crippen molar-refractivity contribution >= 4 is 38.0 Å². The van der Waals surface area contributed by atoms with E-state index in [4.69, 9.17) is 18.0 Å². The second-order valence-electron chi connectivity index (χ2n) is 4.44. The number of benzene rings is 2. The van der Waals surface area contributed by atoms with Crippen molar-refractivity contribution in [2.75, 3.05) is 6.54 Å². The number of nitrogens with two attached hydrogens (primary N) is 1. The molecule has 0 fully saturated rings. The molecule has 0 amide bonds. The minimum absolute atomic E-state index is 0.297. The summed E-state index contributed by atoms with van der Waals surface area (Å²) >= 11 is 4.76. The molecule has 106 valence electrons. The molecule has 0 unspecified atom stereocenters. The number of nitrogens with one attached hydrogen (secondary N) is 1. The molecule has 0 saturated heterocycles. The van der Waals surface area contributed by atoms with E-state index < -0.39 is 10.0 Å². The molecule has 2 aromatic carbocycles. The number of fused-ring (bicyclic) bond motifs is 1.